The molecular weight excluding hydrogens is 564 g/mol. The summed E-state index contributed by atoms with van der Waals surface area (Å²) < 4.78 is 2.90. The van der Waals surface area contributed by atoms with Crippen LogP contribution in [0.3, 0.4) is 0 Å². The van der Waals surface area contributed by atoms with Gasteiger partial charge >= 0.3 is 0 Å². The molecule has 8 heteroatoms. The molecule has 1 aromatic carbocycles. The Morgan fingerprint density at radius 1 is 0.400 bits per heavy atom. The molecule has 0 aliphatic heterocycles. The van der Waals surface area contributed by atoms with Gasteiger partial charge in [-0.3, -0.25) is 0 Å². The highest BCUT2D eigenvalue weighted by Gasteiger charge is 2.15. The number of aromatic nitrogens is 4. The van der Waals surface area contributed by atoms with Crippen LogP contribution in [0.15, 0.2) is 122 Å². The van der Waals surface area contributed by atoms with Crippen molar-refractivity contribution in [3.8, 4) is 11.4 Å². The molecule has 0 amide bonds. The van der Waals surface area contributed by atoms with E-state index in [4.69, 9.17) is 0 Å². The predicted octanol–water partition coefficient (Wildman–Crippen LogP) is 8.96. The lowest BCUT2D eigenvalue weighted by molar-refractivity contribution is -0.625. The monoisotopic (exact) mass is 622 g/mol. The van der Waals surface area contributed by atoms with E-state index in [-0.39, 0.29) is 0 Å². The number of benzene rings is 1. The van der Waals surface area contributed by atoms with Gasteiger partial charge in [0.15, 0.2) is 37.2 Å². The second-order valence-electron chi connectivity index (χ2n) is 7.20. The molecule has 0 spiro atoms. The van der Waals surface area contributed by atoms with Crippen LogP contribution in [0.4, 0.5) is 0 Å². The van der Waals surface area contributed by atoms with E-state index in [9.17, 15) is 20.8 Å². The summed E-state index contributed by atoms with van der Waals surface area (Å²) in [7, 11) is 0. The summed E-state index contributed by atoms with van der Waals surface area (Å²) in [4.78, 5) is 0. The van der Waals surface area contributed by atoms with Crippen molar-refractivity contribution >= 4 is 10.8 Å². The molecule has 0 aliphatic rings. The van der Waals surface area contributed by atoms with Crippen LogP contribution in [0.1, 0.15) is 89.5 Å². The molecule has 4 heterocycles. The molecule has 0 fully saturated rings. The summed E-state index contributed by atoms with van der Waals surface area (Å²) in [5, 5.41) is 45.7. The first-order valence-corrected chi connectivity index (χ1v) is 16.0. The van der Waals surface area contributed by atoms with E-state index in [1.165, 1.54) is 37.4 Å². The molecule has 5 rings (SSSR count). The molecule has 0 saturated carbocycles. The summed E-state index contributed by atoms with van der Waals surface area (Å²) in [6, 6.07) is 24.7. The fourth-order valence-electron chi connectivity index (χ4n) is 2.75. The molecule has 0 saturated heterocycles. The number of fused-ring (bicyclic) bond motifs is 1. The van der Waals surface area contributed by atoms with Gasteiger partial charge in [0, 0.05) is 47.9 Å². The number of pyridine rings is 4. The second-order valence-corrected chi connectivity index (χ2v) is 7.20. The Kier molecular flexibility index (Phi) is 37.2. The van der Waals surface area contributed by atoms with Crippen LogP contribution < -0.4 is 18.9 Å². The van der Waals surface area contributed by atoms with Gasteiger partial charge in [-0.05, 0) is 23.6 Å². The van der Waals surface area contributed by atoms with Crippen molar-refractivity contribution in [1.29, 1.82) is 0 Å². The Morgan fingerprint density at radius 3 is 1.11 bits per heavy atom. The largest absolute Gasteiger partial charge is 0.619 e. The van der Waals surface area contributed by atoms with Crippen LogP contribution in [-0.2, 0) is 0 Å². The van der Waals surface area contributed by atoms with Crippen molar-refractivity contribution in [3.63, 3.8) is 0 Å². The van der Waals surface area contributed by atoms with Crippen molar-refractivity contribution in [1.82, 2.24) is 0 Å². The average Bonchev–Trinajstić information content (AvgIpc) is 3.11. The first-order valence-electron chi connectivity index (χ1n) is 16.0. The quantitative estimate of drug-likeness (QED) is 0.137. The number of nitrogens with zero attached hydrogens (tertiary/aromatic N) is 4. The molecule has 0 bridgehead atoms. The first-order chi connectivity index (χ1) is 22.0. The van der Waals surface area contributed by atoms with Crippen LogP contribution in [0.2, 0.25) is 0 Å². The Balaban J connectivity index is -0.000000243. The summed E-state index contributed by atoms with van der Waals surface area (Å²) in [5.74, 6) is 0. The van der Waals surface area contributed by atoms with Crippen LogP contribution in [-0.4, -0.2) is 0 Å². The lowest BCUT2D eigenvalue weighted by Gasteiger charge is -2.03. The lowest BCUT2D eigenvalue weighted by atomic mass is 10.2. The van der Waals surface area contributed by atoms with Gasteiger partial charge in [0.2, 0.25) is 0 Å². The van der Waals surface area contributed by atoms with Crippen molar-refractivity contribution in [3.05, 3.63) is 143 Å². The fraction of sp³-hybridized carbons (Fsp3) is 0.351. The van der Waals surface area contributed by atoms with Gasteiger partial charge in [-0.25, -0.2) is 0 Å². The zero-order chi connectivity index (χ0) is 35.5. The third-order valence-corrected chi connectivity index (χ3v) is 4.26. The number of rotatable bonds is 1. The minimum absolute atomic E-state index is 0.350. The lowest BCUT2D eigenvalue weighted by Crippen LogP contribution is -2.36. The molecule has 0 aliphatic carbocycles. The molecule has 0 atom stereocenters. The van der Waals surface area contributed by atoms with Gasteiger partial charge in [-0.1, -0.05) is 114 Å². The fourth-order valence-corrected chi connectivity index (χ4v) is 2.75. The van der Waals surface area contributed by atoms with Crippen molar-refractivity contribution < 1.29 is 18.9 Å². The van der Waals surface area contributed by atoms with Crippen LogP contribution in [0.25, 0.3) is 22.2 Å². The Bertz CT molecular complexity index is 1260. The highest BCUT2D eigenvalue weighted by Crippen LogP contribution is 2.09. The van der Waals surface area contributed by atoms with Crippen LogP contribution >= 0.6 is 0 Å². The molecule has 0 radical (unpaired) electrons. The summed E-state index contributed by atoms with van der Waals surface area (Å²) in [6.45, 7) is 24.2. The SMILES string of the molecule is CC.CC.CC.CC.CC.CCC.[O-][n+]1ccc2ccccc2c1.[O-][n+]1ccccc1.[O-][n+]1ccccc1-c1cccc[n+]1[O-]. The van der Waals surface area contributed by atoms with Crippen molar-refractivity contribution in [2.24, 2.45) is 0 Å². The Labute approximate surface area is 273 Å². The molecule has 8 nitrogen and oxygen atoms in total. The van der Waals surface area contributed by atoms with Gasteiger partial charge in [-0.2, -0.15) is 18.9 Å². The zero-order valence-corrected chi connectivity index (χ0v) is 29.7. The topological polar surface area (TPSA) is 108 Å². The maximum Gasteiger partial charge on any atom is 0.289 e. The van der Waals surface area contributed by atoms with E-state index in [0.29, 0.717) is 20.8 Å². The summed E-state index contributed by atoms with van der Waals surface area (Å²) >= 11 is 0. The highest BCUT2D eigenvalue weighted by atomic mass is 16.5. The minimum atomic E-state index is 0.350. The van der Waals surface area contributed by atoms with Crippen molar-refractivity contribution in [2.75, 3.05) is 0 Å². The smallest absolute Gasteiger partial charge is 0.289 e. The Hall–Kier alpha value is -4.72. The predicted molar refractivity (Wildman–Crippen MR) is 191 cm³/mol. The van der Waals surface area contributed by atoms with E-state index in [1.54, 1.807) is 60.8 Å². The zero-order valence-electron chi connectivity index (χ0n) is 29.7. The Morgan fingerprint density at radius 2 is 0.756 bits per heavy atom. The molecule has 4 aromatic heterocycles. The van der Waals surface area contributed by atoms with Crippen molar-refractivity contribution in [2.45, 2.75) is 89.5 Å². The maximum atomic E-state index is 11.3. The van der Waals surface area contributed by atoms with E-state index in [0.717, 1.165) is 20.2 Å². The van der Waals surface area contributed by atoms with E-state index in [1.807, 2.05) is 99.6 Å². The van der Waals surface area contributed by atoms with E-state index < -0.39 is 0 Å². The molecular formula is C37H58N4O4. The average molecular weight is 623 g/mol. The molecule has 0 unspecified atom stereocenters. The van der Waals surface area contributed by atoms with Gasteiger partial charge in [0.25, 0.3) is 11.4 Å². The van der Waals surface area contributed by atoms with Crippen LogP contribution in [0.5, 0.6) is 0 Å². The van der Waals surface area contributed by atoms with Gasteiger partial charge in [0.05, 0.1) is 0 Å². The maximum absolute atomic E-state index is 11.3. The van der Waals surface area contributed by atoms with Gasteiger partial charge < -0.3 is 20.8 Å². The number of hydrogen-bond acceptors (Lipinski definition) is 4. The highest BCUT2D eigenvalue weighted by molar-refractivity contribution is 5.80. The molecule has 5 aromatic rings. The van der Waals surface area contributed by atoms with Crippen LogP contribution in [0, 0.1) is 20.8 Å². The summed E-state index contributed by atoms with van der Waals surface area (Å²) in [5.41, 5.74) is 0.700. The van der Waals surface area contributed by atoms with Gasteiger partial charge in [-0.15, -0.1) is 0 Å². The first kappa shape index (κ1) is 47.2. The standard InChI is InChI=1S/C10H8N2O2.C9H7NO.C5H5NO.C3H8.5C2H6/c13-11-7-3-1-5-9(11)10-6-2-4-8-12(10)14;11-10-6-5-8-3-1-2-4-9(8)7-10;7-6-4-2-1-3-5-6;1-3-2;5*1-2/h1-8H;1-7H;1-5H;3H2,1-2H3;5*1-2H3. The van der Waals surface area contributed by atoms with E-state index in [2.05, 4.69) is 13.8 Å². The second kappa shape index (κ2) is 35.5. The number of hydrogen-bond donors (Lipinski definition) is 0. The third-order valence-electron chi connectivity index (χ3n) is 4.26. The van der Waals surface area contributed by atoms with Gasteiger partial charge in [0.1, 0.15) is 0 Å². The molecule has 45 heavy (non-hydrogen) atoms. The van der Waals surface area contributed by atoms with E-state index >= 15 is 0 Å². The third kappa shape index (κ3) is 22.5. The molecule has 0 N–H and O–H groups in total. The summed E-state index contributed by atoms with van der Waals surface area (Å²) in [6.07, 6.45) is 9.93. The molecule has 250 valence electrons. The minimum Gasteiger partial charge on any atom is -0.619 e. The normalized spacial score (nSPS) is 8.00.